The van der Waals surface area contributed by atoms with Gasteiger partial charge in [0.05, 0.1) is 6.61 Å². The molecule has 0 aromatic heterocycles. The molecule has 0 unspecified atom stereocenters. The number of hydrogen-bond acceptors (Lipinski definition) is 3. The SMILES string of the molecule is COCCNC(=O)C1(C(=O)NCc2ccccc2)CC1. The van der Waals surface area contributed by atoms with E-state index in [4.69, 9.17) is 4.74 Å². The molecule has 0 heterocycles. The van der Waals surface area contributed by atoms with Crippen molar-refractivity contribution < 1.29 is 14.3 Å². The van der Waals surface area contributed by atoms with Crippen LogP contribution in [0.3, 0.4) is 0 Å². The number of benzene rings is 1. The molecule has 1 fully saturated rings. The predicted octanol–water partition coefficient (Wildman–Crippen LogP) is 0.846. The smallest absolute Gasteiger partial charge is 0.235 e. The lowest BCUT2D eigenvalue weighted by Crippen LogP contribution is -2.43. The van der Waals surface area contributed by atoms with Crippen LogP contribution in [0.1, 0.15) is 18.4 Å². The van der Waals surface area contributed by atoms with Gasteiger partial charge in [-0.1, -0.05) is 30.3 Å². The second-order valence-electron chi connectivity index (χ2n) is 5.00. The van der Waals surface area contributed by atoms with Crippen LogP contribution < -0.4 is 10.6 Å². The highest BCUT2D eigenvalue weighted by Crippen LogP contribution is 2.46. The van der Waals surface area contributed by atoms with E-state index >= 15 is 0 Å². The zero-order valence-electron chi connectivity index (χ0n) is 11.6. The van der Waals surface area contributed by atoms with Crippen LogP contribution in [0.4, 0.5) is 0 Å². The van der Waals surface area contributed by atoms with E-state index < -0.39 is 5.41 Å². The van der Waals surface area contributed by atoms with Crippen molar-refractivity contribution in [2.24, 2.45) is 5.41 Å². The standard InChI is InChI=1S/C15H20N2O3/c1-20-10-9-16-13(18)15(7-8-15)14(19)17-11-12-5-3-2-4-6-12/h2-6H,7-11H2,1H3,(H,16,18)(H,17,19). The zero-order valence-corrected chi connectivity index (χ0v) is 11.6. The molecule has 1 saturated carbocycles. The van der Waals surface area contributed by atoms with Gasteiger partial charge >= 0.3 is 0 Å². The fourth-order valence-electron chi connectivity index (χ4n) is 2.07. The summed E-state index contributed by atoms with van der Waals surface area (Å²) in [5.41, 5.74) is 0.166. The van der Waals surface area contributed by atoms with Crippen LogP contribution in [0.15, 0.2) is 30.3 Å². The topological polar surface area (TPSA) is 67.4 Å². The molecule has 5 nitrogen and oxygen atoms in total. The van der Waals surface area contributed by atoms with Gasteiger partial charge < -0.3 is 15.4 Å². The van der Waals surface area contributed by atoms with Gasteiger partial charge in [0.15, 0.2) is 0 Å². The van der Waals surface area contributed by atoms with Gasteiger partial charge in [-0.3, -0.25) is 9.59 Å². The number of nitrogens with one attached hydrogen (secondary N) is 2. The number of carbonyl (C=O) groups excluding carboxylic acids is 2. The Kier molecular flexibility index (Phi) is 4.74. The largest absolute Gasteiger partial charge is 0.383 e. The summed E-state index contributed by atoms with van der Waals surface area (Å²) >= 11 is 0. The second-order valence-corrected chi connectivity index (χ2v) is 5.00. The Balaban J connectivity index is 1.83. The molecule has 1 aliphatic rings. The molecule has 0 bridgehead atoms. The van der Waals surface area contributed by atoms with Crippen molar-refractivity contribution in [3.05, 3.63) is 35.9 Å². The lowest BCUT2D eigenvalue weighted by atomic mass is 10.1. The first-order valence-electron chi connectivity index (χ1n) is 6.78. The van der Waals surface area contributed by atoms with Crippen molar-refractivity contribution in [1.82, 2.24) is 10.6 Å². The number of ether oxygens (including phenoxy) is 1. The molecule has 20 heavy (non-hydrogen) atoms. The summed E-state index contributed by atoms with van der Waals surface area (Å²) in [7, 11) is 1.58. The highest BCUT2D eigenvalue weighted by atomic mass is 16.5. The van der Waals surface area contributed by atoms with Gasteiger partial charge in [-0.05, 0) is 18.4 Å². The molecule has 0 aliphatic heterocycles. The Bertz CT molecular complexity index is 469. The molecule has 0 radical (unpaired) electrons. The van der Waals surface area contributed by atoms with Crippen LogP contribution in [0.2, 0.25) is 0 Å². The minimum absolute atomic E-state index is 0.184. The van der Waals surface area contributed by atoms with Crippen LogP contribution in [0, 0.1) is 5.41 Å². The Morgan fingerprint density at radius 1 is 1.15 bits per heavy atom. The fourth-order valence-corrected chi connectivity index (χ4v) is 2.07. The molecule has 5 heteroatoms. The lowest BCUT2D eigenvalue weighted by molar-refractivity contribution is -0.137. The van der Waals surface area contributed by atoms with Crippen LogP contribution in [0.5, 0.6) is 0 Å². The average Bonchev–Trinajstić information content (AvgIpc) is 3.28. The number of methoxy groups -OCH3 is 1. The summed E-state index contributed by atoms with van der Waals surface area (Å²) < 4.78 is 4.88. The molecule has 0 atom stereocenters. The highest BCUT2D eigenvalue weighted by Gasteiger charge is 2.56. The first-order valence-corrected chi connectivity index (χ1v) is 6.78. The summed E-state index contributed by atoms with van der Waals surface area (Å²) in [6, 6.07) is 9.66. The lowest BCUT2D eigenvalue weighted by Gasteiger charge is -2.15. The average molecular weight is 276 g/mol. The van der Waals surface area contributed by atoms with E-state index in [1.807, 2.05) is 30.3 Å². The molecule has 2 rings (SSSR count). The maximum atomic E-state index is 12.2. The van der Waals surface area contributed by atoms with Crippen LogP contribution in [0.25, 0.3) is 0 Å². The predicted molar refractivity (Wildman–Crippen MR) is 74.8 cm³/mol. The van der Waals surface area contributed by atoms with Gasteiger partial charge in [-0.2, -0.15) is 0 Å². The van der Waals surface area contributed by atoms with Crippen molar-refractivity contribution in [2.45, 2.75) is 19.4 Å². The second kappa shape index (κ2) is 6.52. The zero-order chi connectivity index (χ0) is 14.4. The molecule has 1 aromatic rings. The molecule has 0 saturated heterocycles. The van der Waals surface area contributed by atoms with Gasteiger partial charge in [0.2, 0.25) is 11.8 Å². The Labute approximate surface area is 118 Å². The summed E-state index contributed by atoms with van der Waals surface area (Å²) in [5.74, 6) is -0.378. The molecule has 108 valence electrons. The summed E-state index contributed by atoms with van der Waals surface area (Å²) in [4.78, 5) is 24.2. The van der Waals surface area contributed by atoms with Crippen LogP contribution >= 0.6 is 0 Å². The molecule has 2 amide bonds. The monoisotopic (exact) mass is 276 g/mol. The third kappa shape index (κ3) is 3.36. The number of carbonyl (C=O) groups is 2. The number of amides is 2. The first-order chi connectivity index (χ1) is 9.69. The van der Waals surface area contributed by atoms with E-state index in [0.717, 1.165) is 5.56 Å². The Morgan fingerprint density at radius 2 is 1.80 bits per heavy atom. The van der Waals surface area contributed by atoms with E-state index in [9.17, 15) is 9.59 Å². The normalized spacial score (nSPS) is 15.4. The molecule has 1 aromatic carbocycles. The highest BCUT2D eigenvalue weighted by molar-refractivity contribution is 6.07. The van der Waals surface area contributed by atoms with Gasteiger partial charge in [0.25, 0.3) is 0 Å². The molecule has 2 N–H and O–H groups in total. The Hall–Kier alpha value is -1.88. The number of rotatable bonds is 7. The van der Waals surface area contributed by atoms with Crippen molar-refractivity contribution in [2.75, 3.05) is 20.3 Å². The van der Waals surface area contributed by atoms with E-state index in [1.54, 1.807) is 7.11 Å². The molecule has 0 spiro atoms. The molecular weight excluding hydrogens is 256 g/mol. The third-order valence-electron chi connectivity index (χ3n) is 3.51. The number of hydrogen-bond donors (Lipinski definition) is 2. The van der Waals surface area contributed by atoms with Gasteiger partial charge in [0, 0.05) is 20.2 Å². The van der Waals surface area contributed by atoms with Crippen LogP contribution in [-0.4, -0.2) is 32.1 Å². The quantitative estimate of drug-likeness (QED) is 0.573. The van der Waals surface area contributed by atoms with E-state index in [-0.39, 0.29) is 11.8 Å². The van der Waals surface area contributed by atoms with Crippen LogP contribution in [-0.2, 0) is 20.9 Å². The van der Waals surface area contributed by atoms with Crippen molar-refractivity contribution in [1.29, 1.82) is 0 Å². The summed E-state index contributed by atoms with van der Waals surface area (Å²) in [5, 5.41) is 5.58. The van der Waals surface area contributed by atoms with Gasteiger partial charge in [-0.15, -0.1) is 0 Å². The maximum absolute atomic E-state index is 12.2. The minimum Gasteiger partial charge on any atom is -0.383 e. The maximum Gasteiger partial charge on any atom is 0.235 e. The third-order valence-corrected chi connectivity index (χ3v) is 3.51. The van der Waals surface area contributed by atoms with E-state index in [0.29, 0.717) is 32.5 Å². The van der Waals surface area contributed by atoms with E-state index in [2.05, 4.69) is 10.6 Å². The first kappa shape index (κ1) is 14.5. The van der Waals surface area contributed by atoms with Crippen molar-refractivity contribution in [3.63, 3.8) is 0 Å². The minimum atomic E-state index is -0.859. The summed E-state index contributed by atoms with van der Waals surface area (Å²) in [6.45, 7) is 1.34. The summed E-state index contributed by atoms with van der Waals surface area (Å²) in [6.07, 6.45) is 1.23. The molecule has 1 aliphatic carbocycles. The van der Waals surface area contributed by atoms with Gasteiger partial charge in [0.1, 0.15) is 5.41 Å². The van der Waals surface area contributed by atoms with E-state index in [1.165, 1.54) is 0 Å². The fraction of sp³-hybridized carbons (Fsp3) is 0.467. The van der Waals surface area contributed by atoms with Crippen molar-refractivity contribution >= 4 is 11.8 Å². The Morgan fingerprint density at radius 3 is 2.40 bits per heavy atom. The molecular formula is C15H20N2O3. The van der Waals surface area contributed by atoms with Crippen molar-refractivity contribution in [3.8, 4) is 0 Å². The van der Waals surface area contributed by atoms with Gasteiger partial charge in [-0.25, -0.2) is 0 Å².